The van der Waals surface area contributed by atoms with Gasteiger partial charge in [0, 0.05) is 18.2 Å². The lowest BCUT2D eigenvalue weighted by Crippen LogP contribution is -3.00. The van der Waals surface area contributed by atoms with Gasteiger partial charge in [0.2, 0.25) is 12.3 Å². The van der Waals surface area contributed by atoms with E-state index in [4.69, 9.17) is 4.74 Å². The number of carbonyl (C=O) groups is 1. The lowest BCUT2D eigenvalue weighted by Gasteiger charge is -2.18. The van der Waals surface area contributed by atoms with Crippen LogP contribution in [0, 0.1) is 0 Å². The second-order valence-electron chi connectivity index (χ2n) is 5.86. The molecule has 4 nitrogen and oxygen atoms in total. The van der Waals surface area contributed by atoms with E-state index in [1.165, 1.54) is 11.4 Å². The van der Waals surface area contributed by atoms with Crippen molar-refractivity contribution in [3.05, 3.63) is 53.9 Å². The Hall–Kier alpha value is -1.88. The van der Waals surface area contributed by atoms with Crippen LogP contribution in [0.1, 0.15) is 35.8 Å². The molecule has 0 aliphatic carbocycles. The van der Waals surface area contributed by atoms with Gasteiger partial charge in [0.1, 0.15) is 11.4 Å². The number of hydrogen-bond donors (Lipinski definition) is 0. The van der Waals surface area contributed by atoms with Crippen LogP contribution in [0.25, 0.3) is 0 Å². The van der Waals surface area contributed by atoms with E-state index in [1.54, 1.807) is 7.11 Å². The monoisotopic (exact) mass is 390 g/mol. The van der Waals surface area contributed by atoms with Crippen molar-refractivity contribution in [3.8, 4) is 5.75 Å². The molecular weight excluding hydrogens is 368 g/mol. The van der Waals surface area contributed by atoms with Crippen LogP contribution in [0.15, 0.2) is 42.6 Å². The number of benzene rings is 1. The highest BCUT2D eigenvalue weighted by molar-refractivity contribution is 5.99. The maximum absolute atomic E-state index is 12.6. The van der Waals surface area contributed by atoms with Crippen molar-refractivity contribution in [2.75, 3.05) is 20.2 Å². The molecule has 2 heterocycles. The van der Waals surface area contributed by atoms with E-state index < -0.39 is 0 Å². The molecule has 0 radical (unpaired) electrons. The minimum Gasteiger partial charge on any atom is -1.00 e. The predicted molar refractivity (Wildman–Crippen MR) is 90.8 cm³/mol. The topological polar surface area (TPSA) is 34.2 Å². The molecule has 1 aromatic heterocycles. The van der Waals surface area contributed by atoms with Crippen LogP contribution in [-0.2, 0) is 6.54 Å². The summed E-state index contributed by atoms with van der Waals surface area (Å²) in [5, 5.41) is 0. The van der Waals surface area contributed by atoms with Crippen LogP contribution in [0.3, 0.4) is 0 Å². The lowest BCUT2D eigenvalue weighted by atomic mass is 10.1. The number of rotatable bonds is 6. The van der Waals surface area contributed by atoms with Gasteiger partial charge in [-0.3, -0.25) is 4.79 Å². The van der Waals surface area contributed by atoms with E-state index in [9.17, 15) is 4.79 Å². The Bertz CT molecular complexity index is 732. The number of carbonyl (C=O) groups excluding carboxylic acids is 1. The zero-order valence-corrected chi connectivity index (χ0v) is 15.8. The molecule has 0 amide bonds. The molecule has 3 rings (SSSR count). The molecule has 0 N–H and O–H groups in total. The molecule has 5 heteroatoms. The summed E-state index contributed by atoms with van der Waals surface area (Å²) in [5.74, 6) is 0.928. The maximum atomic E-state index is 12.6. The number of methoxy groups -OCH3 is 1. The molecule has 2 aromatic rings. The highest BCUT2D eigenvalue weighted by Crippen LogP contribution is 2.15. The smallest absolute Gasteiger partial charge is 0.227 e. The van der Waals surface area contributed by atoms with Crippen molar-refractivity contribution < 1.29 is 31.1 Å². The predicted octanol–water partition coefficient (Wildman–Crippen LogP) is -0.00110. The van der Waals surface area contributed by atoms with Gasteiger partial charge in [0.15, 0.2) is 12.3 Å². The molecule has 0 saturated carbocycles. The van der Waals surface area contributed by atoms with Gasteiger partial charge in [0.05, 0.1) is 13.7 Å². The van der Waals surface area contributed by atoms with E-state index in [2.05, 4.69) is 34.4 Å². The van der Waals surface area contributed by atoms with Gasteiger partial charge in [-0.1, -0.05) is 6.92 Å². The first-order valence-corrected chi connectivity index (χ1v) is 8.16. The zero-order chi connectivity index (χ0) is 16.2. The summed E-state index contributed by atoms with van der Waals surface area (Å²) in [7, 11) is 1.63. The van der Waals surface area contributed by atoms with E-state index >= 15 is 0 Å². The van der Waals surface area contributed by atoms with Gasteiger partial charge >= 0.3 is 0 Å². The van der Waals surface area contributed by atoms with E-state index in [-0.39, 0.29) is 22.8 Å². The summed E-state index contributed by atoms with van der Waals surface area (Å²) in [5.41, 5.74) is 3.27. The highest BCUT2D eigenvalue weighted by atomic mass is 79.9. The summed E-state index contributed by atoms with van der Waals surface area (Å²) in [6.45, 7) is 4.44. The maximum Gasteiger partial charge on any atom is 0.227 e. The minimum atomic E-state index is 0. The molecule has 1 aromatic carbocycles. The molecule has 0 spiro atoms. The second kappa shape index (κ2) is 8.29. The van der Waals surface area contributed by atoms with Crippen LogP contribution in [0.2, 0.25) is 0 Å². The van der Waals surface area contributed by atoms with Crippen molar-refractivity contribution >= 4 is 11.5 Å². The number of aromatic nitrogens is 1. The van der Waals surface area contributed by atoms with Crippen molar-refractivity contribution in [3.63, 3.8) is 0 Å². The largest absolute Gasteiger partial charge is 1.00 e. The summed E-state index contributed by atoms with van der Waals surface area (Å²) in [4.78, 5) is 12.6. The van der Waals surface area contributed by atoms with Gasteiger partial charge in [0.25, 0.3) is 0 Å². The Balaban J connectivity index is 0.00000208. The third kappa shape index (κ3) is 3.78. The number of fused-ring (bicyclic) bond motifs is 1. The standard InChI is InChI=1S/C19H23N2O2.BrH/c1-3-5-17-18-6-4-11-20(18)12-13-21(17)14-19(22)15-7-9-16(23-2)10-8-15;/h4,6-11H,3,5,12-14H2,1-2H3;1H/q+1;/p-1. The third-order valence-corrected chi connectivity index (χ3v) is 4.35. The summed E-state index contributed by atoms with van der Waals surface area (Å²) >= 11 is 0. The number of ether oxygens (including phenoxy) is 1. The van der Waals surface area contributed by atoms with Gasteiger partial charge in [-0.15, -0.1) is 0 Å². The number of nitrogens with zero attached hydrogens (tertiary/aromatic N) is 2. The van der Waals surface area contributed by atoms with Crippen molar-refractivity contribution in [2.45, 2.75) is 26.3 Å². The van der Waals surface area contributed by atoms with Crippen LogP contribution in [0.5, 0.6) is 5.75 Å². The average molecular weight is 391 g/mol. The van der Waals surface area contributed by atoms with Crippen molar-refractivity contribution in [2.24, 2.45) is 0 Å². The Labute approximate surface area is 153 Å². The first kappa shape index (κ1) is 18.5. The molecule has 0 fully saturated rings. The van der Waals surface area contributed by atoms with E-state index in [0.717, 1.165) is 37.2 Å². The Morgan fingerprint density at radius 3 is 2.67 bits per heavy atom. The Morgan fingerprint density at radius 2 is 2.00 bits per heavy atom. The molecule has 0 saturated heterocycles. The van der Waals surface area contributed by atoms with Crippen LogP contribution in [0.4, 0.5) is 0 Å². The number of Topliss-reactive ketones (excluding diaryl/α,β-unsaturated/α-hetero) is 1. The minimum absolute atomic E-state index is 0. The summed E-state index contributed by atoms with van der Waals surface area (Å²) in [6, 6.07) is 11.6. The van der Waals surface area contributed by atoms with Gasteiger partial charge in [-0.2, -0.15) is 0 Å². The molecule has 1 aliphatic rings. The van der Waals surface area contributed by atoms with Crippen LogP contribution >= 0.6 is 0 Å². The molecule has 0 atom stereocenters. The fourth-order valence-corrected chi connectivity index (χ4v) is 3.14. The summed E-state index contributed by atoms with van der Waals surface area (Å²) < 4.78 is 9.67. The van der Waals surface area contributed by atoms with E-state index in [1.807, 2.05) is 24.3 Å². The third-order valence-electron chi connectivity index (χ3n) is 4.35. The quantitative estimate of drug-likeness (QED) is 0.513. The number of halogens is 1. The highest BCUT2D eigenvalue weighted by Gasteiger charge is 2.26. The van der Waals surface area contributed by atoms with Crippen LogP contribution < -0.4 is 21.7 Å². The molecule has 24 heavy (non-hydrogen) atoms. The fraction of sp³-hybridized carbons (Fsp3) is 0.368. The second-order valence-corrected chi connectivity index (χ2v) is 5.86. The fourth-order valence-electron chi connectivity index (χ4n) is 3.14. The molecule has 1 aliphatic heterocycles. The molecule has 0 bridgehead atoms. The van der Waals surface area contributed by atoms with Gasteiger partial charge in [-0.25, -0.2) is 4.58 Å². The SMILES string of the molecule is CCCC1=[N+](CC(=O)c2ccc(OC)cc2)CCn2cccc21.[Br-]. The van der Waals surface area contributed by atoms with Gasteiger partial charge in [-0.05, 0) is 42.8 Å². The first-order chi connectivity index (χ1) is 11.2. The normalized spacial score (nSPS) is 13.2. The molecule has 0 unspecified atom stereocenters. The Morgan fingerprint density at radius 1 is 1.25 bits per heavy atom. The lowest BCUT2D eigenvalue weighted by molar-refractivity contribution is -0.519. The van der Waals surface area contributed by atoms with Crippen LogP contribution in [-0.4, -0.2) is 40.8 Å². The summed E-state index contributed by atoms with van der Waals surface area (Å²) in [6.07, 6.45) is 4.20. The zero-order valence-electron chi connectivity index (χ0n) is 14.2. The average Bonchev–Trinajstić information content (AvgIpc) is 3.06. The first-order valence-electron chi connectivity index (χ1n) is 8.16. The van der Waals surface area contributed by atoms with Gasteiger partial charge < -0.3 is 26.3 Å². The number of ketones is 1. The van der Waals surface area contributed by atoms with Crippen molar-refractivity contribution in [1.82, 2.24) is 4.57 Å². The molecular formula is C19H23BrN2O2. The number of hydrogen-bond acceptors (Lipinski definition) is 2. The Kier molecular flexibility index (Phi) is 6.37. The molecule has 128 valence electrons. The van der Waals surface area contributed by atoms with Crippen molar-refractivity contribution in [1.29, 1.82) is 0 Å². The van der Waals surface area contributed by atoms with E-state index in [0.29, 0.717) is 6.54 Å².